The third-order valence-corrected chi connectivity index (χ3v) is 0.631. The van der Waals surface area contributed by atoms with Crippen molar-refractivity contribution in [2.24, 2.45) is 11.7 Å². The molecule has 0 rings (SSSR count). The smallest absolute Gasteiger partial charge is 0.131 e. The average Bonchev–Trinajstić information content (AvgIpc) is 1.86. The molecule has 0 bridgehead atoms. The van der Waals surface area contributed by atoms with Gasteiger partial charge in [-0.3, -0.25) is 0 Å². The number of aliphatic hydroxyl groups is 1. The highest BCUT2D eigenvalue weighted by molar-refractivity contribution is 5.21. The predicted molar refractivity (Wildman–Crippen MR) is 54.7 cm³/mol. The molecule has 0 aliphatic rings. The van der Waals surface area contributed by atoms with Crippen LogP contribution in [0.5, 0.6) is 0 Å². The Bertz CT molecular complexity index is 166. The van der Waals surface area contributed by atoms with Crippen LogP contribution in [0.25, 0.3) is 0 Å². The van der Waals surface area contributed by atoms with Gasteiger partial charge in [0, 0.05) is 0 Å². The summed E-state index contributed by atoms with van der Waals surface area (Å²) in [4.78, 5) is 0. The van der Waals surface area contributed by atoms with Crippen molar-refractivity contribution in [2.45, 2.75) is 20.8 Å². The van der Waals surface area contributed by atoms with E-state index in [1.54, 1.807) is 0 Å². The Balaban J connectivity index is 0. The molecule has 0 unspecified atom stereocenters. The normalized spacial score (nSPS) is 10.2. The first kappa shape index (κ1) is 13.4. The van der Waals surface area contributed by atoms with Gasteiger partial charge < -0.3 is 10.8 Å². The monoisotopic (exact) mass is 169 g/mol. The van der Waals surface area contributed by atoms with E-state index >= 15 is 0 Å². The van der Waals surface area contributed by atoms with E-state index in [1.165, 1.54) is 12.2 Å². The quantitative estimate of drug-likeness (QED) is 0.493. The first-order valence-electron chi connectivity index (χ1n) is 3.88. The Morgan fingerprint density at radius 1 is 1.42 bits per heavy atom. The van der Waals surface area contributed by atoms with E-state index in [0.29, 0.717) is 0 Å². The van der Waals surface area contributed by atoms with Crippen molar-refractivity contribution in [3.63, 3.8) is 0 Å². The molecule has 3 N–H and O–H groups in total. The highest BCUT2D eigenvalue weighted by Crippen LogP contribution is 1.93. The number of rotatable bonds is 2. The summed E-state index contributed by atoms with van der Waals surface area (Å²) in [5, 5.41) is 8.52. The molecule has 0 heterocycles. The topological polar surface area (TPSA) is 46.2 Å². The zero-order valence-corrected chi connectivity index (χ0v) is 8.17. The molecule has 0 saturated carbocycles. The fourth-order valence-corrected chi connectivity index (χ4v) is 0.223. The predicted octanol–water partition coefficient (Wildman–Crippen LogP) is 2.75. The van der Waals surface area contributed by atoms with Crippen molar-refractivity contribution < 1.29 is 5.11 Å². The van der Waals surface area contributed by atoms with Crippen LogP contribution < -0.4 is 5.73 Å². The summed E-state index contributed by atoms with van der Waals surface area (Å²) in [5.74, 6) is 0.713. The Kier molecular flexibility index (Phi) is 8.85. The standard InChI is InChI=1S/C6H9NO.C4H10/c1-3-4-6(7)5(2)8;1-4(2)3/h3-4,8H,1-2,7H2;4H,1-3H3/b6-4+;. The molecular weight excluding hydrogens is 150 g/mol. The molecule has 12 heavy (non-hydrogen) atoms. The van der Waals surface area contributed by atoms with Gasteiger partial charge in [0.15, 0.2) is 0 Å². The highest BCUT2D eigenvalue weighted by atomic mass is 16.3. The van der Waals surface area contributed by atoms with Crippen molar-refractivity contribution >= 4 is 0 Å². The summed E-state index contributed by atoms with van der Waals surface area (Å²) in [6.07, 6.45) is 2.96. The van der Waals surface area contributed by atoms with Crippen LogP contribution in [0.3, 0.4) is 0 Å². The minimum absolute atomic E-state index is 0.120. The fraction of sp³-hybridized carbons (Fsp3) is 0.400. The largest absolute Gasteiger partial charge is 0.506 e. The van der Waals surface area contributed by atoms with Crippen LogP contribution in [-0.4, -0.2) is 5.11 Å². The fourth-order valence-electron chi connectivity index (χ4n) is 0.223. The highest BCUT2D eigenvalue weighted by Gasteiger charge is 1.86. The first-order valence-corrected chi connectivity index (χ1v) is 3.88. The Morgan fingerprint density at radius 3 is 1.83 bits per heavy atom. The molecule has 0 amide bonds. The molecule has 0 saturated heterocycles. The van der Waals surface area contributed by atoms with Crippen LogP contribution in [0.15, 0.2) is 36.8 Å². The zero-order chi connectivity index (χ0) is 10.1. The van der Waals surface area contributed by atoms with Gasteiger partial charge >= 0.3 is 0 Å². The minimum atomic E-state index is -0.120. The second-order valence-electron chi connectivity index (χ2n) is 3.04. The molecule has 70 valence electrons. The van der Waals surface area contributed by atoms with Crippen molar-refractivity contribution in [1.82, 2.24) is 0 Å². The lowest BCUT2D eigenvalue weighted by atomic mass is 10.3. The van der Waals surface area contributed by atoms with E-state index in [9.17, 15) is 0 Å². The molecule has 2 nitrogen and oxygen atoms in total. The van der Waals surface area contributed by atoms with Crippen molar-refractivity contribution in [1.29, 1.82) is 0 Å². The van der Waals surface area contributed by atoms with Crippen molar-refractivity contribution in [3.05, 3.63) is 36.8 Å². The number of nitrogens with two attached hydrogens (primary N) is 1. The molecule has 0 aromatic rings. The number of allylic oxidation sites excluding steroid dienone is 2. The Labute approximate surface area is 75.1 Å². The molecular formula is C10H19NO. The molecule has 0 aliphatic heterocycles. The lowest BCUT2D eigenvalue weighted by molar-refractivity contribution is 0.425. The maximum Gasteiger partial charge on any atom is 0.131 e. The molecule has 0 spiro atoms. The number of hydrogen-bond acceptors (Lipinski definition) is 2. The molecule has 2 heteroatoms. The summed E-state index contributed by atoms with van der Waals surface area (Å²) in [6, 6.07) is 0. The number of aliphatic hydroxyl groups excluding tert-OH is 1. The maximum absolute atomic E-state index is 8.52. The third-order valence-electron chi connectivity index (χ3n) is 0.631. The summed E-state index contributed by atoms with van der Waals surface area (Å²) >= 11 is 0. The SMILES string of the molecule is C=C/C=C(/N)C(=C)O.CC(C)C. The van der Waals surface area contributed by atoms with E-state index < -0.39 is 0 Å². The van der Waals surface area contributed by atoms with E-state index in [-0.39, 0.29) is 11.5 Å². The van der Waals surface area contributed by atoms with E-state index in [1.807, 2.05) is 0 Å². The van der Waals surface area contributed by atoms with Gasteiger partial charge in [0.1, 0.15) is 5.76 Å². The van der Waals surface area contributed by atoms with E-state index in [0.717, 1.165) is 5.92 Å². The molecule has 0 fully saturated rings. The minimum Gasteiger partial charge on any atom is -0.506 e. The second-order valence-corrected chi connectivity index (χ2v) is 3.04. The van der Waals surface area contributed by atoms with Gasteiger partial charge in [0.05, 0.1) is 5.70 Å². The van der Waals surface area contributed by atoms with Gasteiger partial charge in [-0.05, 0) is 12.0 Å². The van der Waals surface area contributed by atoms with Gasteiger partial charge in [0.2, 0.25) is 0 Å². The summed E-state index contributed by atoms with van der Waals surface area (Å²) in [7, 11) is 0. The summed E-state index contributed by atoms with van der Waals surface area (Å²) in [5.41, 5.74) is 5.42. The van der Waals surface area contributed by atoms with Gasteiger partial charge in [0.25, 0.3) is 0 Å². The molecule has 0 atom stereocenters. The van der Waals surface area contributed by atoms with Crippen LogP contribution in [-0.2, 0) is 0 Å². The van der Waals surface area contributed by atoms with Crippen LogP contribution in [0, 0.1) is 5.92 Å². The van der Waals surface area contributed by atoms with Crippen LogP contribution in [0.1, 0.15) is 20.8 Å². The lowest BCUT2D eigenvalue weighted by Gasteiger charge is -1.92. The molecule has 0 radical (unpaired) electrons. The van der Waals surface area contributed by atoms with Crippen molar-refractivity contribution in [2.75, 3.05) is 0 Å². The molecule has 0 aliphatic carbocycles. The molecule has 0 aromatic heterocycles. The van der Waals surface area contributed by atoms with Crippen molar-refractivity contribution in [3.8, 4) is 0 Å². The lowest BCUT2D eigenvalue weighted by Crippen LogP contribution is -1.97. The first-order chi connectivity index (χ1) is 5.41. The zero-order valence-electron chi connectivity index (χ0n) is 8.17. The van der Waals surface area contributed by atoms with E-state index in [2.05, 4.69) is 33.9 Å². The average molecular weight is 169 g/mol. The number of hydrogen-bond donors (Lipinski definition) is 2. The second kappa shape index (κ2) is 7.92. The van der Waals surface area contributed by atoms with Gasteiger partial charge in [-0.1, -0.05) is 40.0 Å². The third kappa shape index (κ3) is 15.9. The van der Waals surface area contributed by atoms with Crippen LogP contribution in [0.4, 0.5) is 0 Å². The van der Waals surface area contributed by atoms with Crippen LogP contribution in [0.2, 0.25) is 0 Å². The maximum atomic E-state index is 8.52. The molecule has 0 aromatic carbocycles. The van der Waals surface area contributed by atoms with Gasteiger partial charge in [-0.15, -0.1) is 0 Å². The van der Waals surface area contributed by atoms with Gasteiger partial charge in [-0.25, -0.2) is 0 Å². The van der Waals surface area contributed by atoms with Gasteiger partial charge in [-0.2, -0.15) is 0 Å². The van der Waals surface area contributed by atoms with E-state index in [4.69, 9.17) is 10.8 Å². The summed E-state index contributed by atoms with van der Waals surface area (Å²) < 4.78 is 0. The Hall–Kier alpha value is -1.18. The summed E-state index contributed by atoms with van der Waals surface area (Å²) in [6.45, 7) is 13.1. The van der Waals surface area contributed by atoms with Crippen LogP contribution >= 0.6 is 0 Å². The Morgan fingerprint density at radius 2 is 1.75 bits per heavy atom.